The summed E-state index contributed by atoms with van der Waals surface area (Å²) in [6.45, 7) is 1.25. The van der Waals surface area contributed by atoms with Crippen molar-refractivity contribution < 1.29 is 9.32 Å². The van der Waals surface area contributed by atoms with E-state index in [-0.39, 0.29) is 18.0 Å². The molecule has 0 radical (unpaired) electrons. The molecule has 2 fully saturated rings. The lowest BCUT2D eigenvalue weighted by atomic mass is 10.2. The summed E-state index contributed by atoms with van der Waals surface area (Å²) in [7, 11) is 0. The number of hydrogen-bond acceptors (Lipinski definition) is 8. The van der Waals surface area contributed by atoms with E-state index in [1.807, 2.05) is 17.0 Å². The van der Waals surface area contributed by atoms with Gasteiger partial charge in [0.2, 0.25) is 17.6 Å². The number of nitrogens with zero attached hydrogens (tertiary/aromatic N) is 4. The Kier molecular flexibility index (Phi) is 3.74. The SMILES string of the molecule is O=C(C1CNNN1)N1CCC[C@H]1c1nc(-c2ccncc2)no1. The number of hydrogen-bond donors (Lipinski definition) is 3. The zero-order chi connectivity index (χ0) is 15.6. The number of amides is 1. The van der Waals surface area contributed by atoms with Crippen LogP contribution in [0.15, 0.2) is 29.0 Å². The van der Waals surface area contributed by atoms with Crippen LogP contribution in [0.25, 0.3) is 11.4 Å². The predicted octanol–water partition coefficient (Wildman–Crippen LogP) is -0.224. The summed E-state index contributed by atoms with van der Waals surface area (Å²) < 4.78 is 5.42. The number of hydrazine groups is 2. The van der Waals surface area contributed by atoms with Crippen LogP contribution in [0.5, 0.6) is 0 Å². The van der Waals surface area contributed by atoms with E-state index in [1.54, 1.807) is 12.4 Å². The molecule has 9 nitrogen and oxygen atoms in total. The Hall–Kier alpha value is -2.36. The Morgan fingerprint density at radius 1 is 1.35 bits per heavy atom. The zero-order valence-electron chi connectivity index (χ0n) is 12.4. The van der Waals surface area contributed by atoms with Gasteiger partial charge in [0.05, 0.1) is 0 Å². The van der Waals surface area contributed by atoms with Gasteiger partial charge < -0.3 is 9.42 Å². The molecular formula is C14H17N7O2. The van der Waals surface area contributed by atoms with Crippen molar-refractivity contribution in [1.29, 1.82) is 0 Å². The first-order valence-corrected chi connectivity index (χ1v) is 7.61. The van der Waals surface area contributed by atoms with Gasteiger partial charge in [0, 0.05) is 31.0 Å². The van der Waals surface area contributed by atoms with Crippen LogP contribution in [0.2, 0.25) is 0 Å². The number of aromatic nitrogens is 3. The van der Waals surface area contributed by atoms with Crippen LogP contribution in [-0.4, -0.2) is 45.1 Å². The topological polar surface area (TPSA) is 108 Å². The van der Waals surface area contributed by atoms with Crippen molar-refractivity contribution >= 4 is 5.91 Å². The van der Waals surface area contributed by atoms with E-state index in [9.17, 15) is 4.79 Å². The number of carbonyl (C=O) groups is 1. The first kappa shape index (κ1) is 14.2. The number of pyridine rings is 1. The van der Waals surface area contributed by atoms with Gasteiger partial charge in [-0.25, -0.2) is 10.9 Å². The molecule has 0 saturated carbocycles. The highest BCUT2D eigenvalue weighted by Crippen LogP contribution is 2.32. The molecule has 120 valence electrons. The number of nitrogens with one attached hydrogen (secondary N) is 3. The molecule has 1 amide bonds. The Balaban J connectivity index is 1.55. The molecule has 1 unspecified atom stereocenters. The monoisotopic (exact) mass is 315 g/mol. The third-order valence-corrected chi connectivity index (χ3v) is 4.14. The molecule has 23 heavy (non-hydrogen) atoms. The molecule has 2 saturated heterocycles. The van der Waals surface area contributed by atoms with Crippen LogP contribution in [0.4, 0.5) is 0 Å². The summed E-state index contributed by atoms with van der Waals surface area (Å²) in [5.74, 6) is 1.04. The van der Waals surface area contributed by atoms with Gasteiger partial charge in [0.15, 0.2) is 0 Å². The number of carbonyl (C=O) groups excluding carboxylic acids is 1. The van der Waals surface area contributed by atoms with Gasteiger partial charge >= 0.3 is 0 Å². The summed E-state index contributed by atoms with van der Waals surface area (Å²) in [6, 6.07) is 3.21. The first-order chi connectivity index (χ1) is 11.3. The second-order valence-electron chi connectivity index (χ2n) is 5.58. The van der Waals surface area contributed by atoms with Crippen LogP contribution in [-0.2, 0) is 4.79 Å². The molecule has 2 aliphatic rings. The van der Waals surface area contributed by atoms with E-state index in [0.29, 0.717) is 24.8 Å². The summed E-state index contributed by atoms with van der Waals surface area (Å²) in [5.41, 5.74) is 9.40. The molecular weight excluding hydrogens is 298 g/mol. The standard InChI is InChI=1S/C14H17N7O2/c22-14(10-8-16-20-18-10)21-7-1-2-11(21)13-17-12(19-23-13)9-3-5-15-6-4-9/h3-6,10-11,16,18,20H,1-2,7-8H2/t10?,11-/m0/s1. The predicted molar refractivity (Wildman–Crippen MR) is 79.3 cm³/mol. The van der Waals surface area contributed by atoms with E-state index in [2.05, 4.69) is 31.5 Å². The van der Waals surface area contributed by atoms with Crippen LogP contribution >= 0.6 is 0 Å². The Bertz CT molecular complexity index is 683. The second kappa shape index (κ2) is 6.03. The summed E-state index contributed by atoms with van der Waals surface area (Å²) >= 11 is 0. The Labute approximate surface area is 132 Å². The fourth-order valence-electron chi connectivity index (χ4n) is 2.97. The van der Waals surface area contributed by atoms with E-state index < -0.39 is 0 Å². The molecule has 3 N–H and O–H groups in total. The lowest BCUT2D eigenvalue weighted by Crippen LogP contribution is -2.46. The second-order valence-corrected chi connectivity index (χ2v) is 5.58. The lowest BCUT2D eigenvalue weighted by Gasteiger charge is -2.24. The molecule has 0 aromatic carbocycles. The molecule has 2 aliphatic heterocycles. The highest BCUT2D eigenvalue weighted by Gasteiger charge is 2.37. The van der Waals surface area contributed by atoms with Gasteiger partial charge in [-0.15, -0.1) is 0 Å². The Morgan fingerprint density at radius 3 is 3.00 bits per heavy atom. The average molecular weight is 315 g/mol. The van der Waals surface area contributed by atoms with Gasteiger partial charge in [-0.2, -0.15) is 10.5 Å². The average Bonchev–Trinajstić information content (AvgIpc) is 3.35. The van der Waals surface area contributed by atoms with Crippen LogP contribution in [0.3, 0.4) is 0 Å². The van der Waals surface area contributed by atoms with Gasteiger partial charge in [-0.3, -0.25) is 9.78 Å². The normalized spacial score (nSPS) is 24.3. The van der Waals surface area contributed by atoms with Crippen LogP contribution in [0.1, 0.15) is 24.8 Å². The molecule has 0 spiro atoms. The smallest absolute Gasteiger partial charge is 0.249 e. The zero-order valence-corrected chi connectivity index (χ0v) is 12.4. The largest absolute Gasteiger partial charge is 0.337 e. The fraction of sp³-hybridized carbons (Fsp3) is 0.429. The van der Waals surface area contributed by atoms with E-state index >= 15 is 0 Å². The third-order valence-electron chi connectivity index (χ3n) is 4.14. The van der Waals surface area contributed by atoms with Gasteiger partial charge in [-0.1, -0.05) is 5.16 Å². The molecule has 4 heterocycles. The summed E-state index contributed by atoms with van der Waals surface area (Å²) in [4.78, 5) is 22.9. The lowest BCUT2D eigenvalue weighted by molar-refractivity contribution is -0.134. The van der Waals surface area contributed by atoms with Gasteiger partial charge in [-0.05, 0) is 25.0 Å². The molecule has 9 heteroatoms. The molecule has 0 aliphatic carbocycles. The van der Waals surface area contributed by atoms with Gasteiger partial charge in [0.25, 0.3) is 0 Å². The number of likely N-dealkylation sites (tertiary alicyclic amines) is 1. The maximum atomic E-state index is 12.6. The minimum absolute atomic E-state index is 0.0358. The van der Waals surface area contributed by atoms with Gasteiger partial charge in [0.1, 0.15) is 12.1 Å². The first-order valence-electron chi connectivity index (χ1n) is 7.61. The van der Waals surface area contributed by atoms with Crippen molar-refractivity contribution in [2.24, 2.45) is 0 Å². The van der Waals surface area contributed by atoms with Crippen molar-refractivity contribution in [3.05, 3.63) is 30.4 Å². The van der Waals surface area contributed by atoms with Crippen molar-refractivity contribution in [1.82, 2.24) is 36.4 Å². The minimum Gasteiger partial charge on any atom is -0.337 e. The minimum atomic E-state index is -0.279. The van der Waals surface area contributed by atoms with Crippen LogP contribution < -0.4 is 16.4 Å². The summed E-state index contributed by atoms with van der Waals surface area (Å²) in [6.07, 6.45) is 5.12. The van der Waals surface area contributed by atoms with E-state index in [0.717, 1.165) is 18.4 Å². The van der Waals surface area contributed by atoms with Crippen LogP contribution in [0, 0.1) is 0 Å². The van der Waals surface area contributed by atoms with Crippen molar-refractivity contribution in [2.45, 2.75) is 24.9 Å². The molecule has 2 aromatic heterocycles. The quantitative estimate of drug-likeness (QED) is 0.713. The third kappa shape index (κ3) is 2.69. The highest BCUT2D eigenvalue weighted by molar-refractivity contribution is 5.83. The maximum Gasteiger partial charge on any atom is 0.249 e. The Morgan fingerprint density at radius 2 is 2.22 bits per heavy atom. The van der Waals surface area contributed by atoms with E-state index in [4.69, 9.17) is 4.52 Å². The molecule has 2 aromatic rings. The molecule has 0 bridgehead atoms. The molecule has 2 atom stereocenters. The summed E-state index contributed by atoms with van der Waals surface area (Å²) in [5, 5.41) is 4.03. The van der Waals surface area contributed by atoms with Crippen molar-refractivity contribution in [3.63, 3.8) is 0 Å². The fourth-order valence-corrected chi connectivity index (χ4v) is 2.97. The highest BCUT2D eigenvalue weighted by atomic mass is 16.5. The molecule has 4 rings (SSSR count). The van der Waals surface area contributed by atoms with E-state index in [1.165, 1.54) is 0 Å². The number of rotatable bonds is 3. The van der Waals surface area contributed by atoms with Crippen molar-refractivity contribution in [2.75, 3.05) is 13.1 Å². The van der Waals surface area contributed by atoms with Crippen molar-refractivity contribution in [3.8, 4) is 11.4 Å². The maximum absolute atomic E-state index is 12.6.